The van der Waals surface area contributed by atoms with E-state index in [9.17, 15) is 4.79 Å². The Hall–Kier alpha value is -1.04. The molecule has 0 spiro atoms. The maximum Gasteiger partial charge on any atom is 0.309 e. The predicted molar refractivity (Wildman–Crippen MR) is 77.8 cm³/mol. The molecule has 0 amide bonds. The Kier molecular flexibility index (Phi) is 5.88. The van der Waals surface area contributed by atoms with Crippen LogP contribution in [0.25, 0.3) is 0 Å². The molecule has 0 heterocycles. The Morgan fingerprint density at radius 3 is 2.30 bits per heavy atom. The van der Waals surface area contributed by atoms with Crippen LogP contribution >= 0.6 is 0 Å². The number of carbonyl (C=O) groups is 1. The lowest BCUT2D eigenvalue weighted by atomic mass is 9.82. The molecule has 0 aromatic carbocycles. The highest BCUT2D eigenvalue weighted by atomic mass is 16.5. The summed E-state index contributed by atoms with van der Waals surface area (Å²) in [6, 6.07) is 2.31. The number of carbonyl (C=O) groups excluding carboxylic acids is 1. The van der Waals surface area contributed by atoms with Gasteiger partial charge in [0.25, 0.3) is 0 Å². The molecular weight excluding hydrogens is 250 g/mol. The van der Waals surface area contributed by atoms with Gasteiger partial charge in [-0.15, -0.1) is 0 Å². The first-order valence-corrected chi connectivity index (χ1v) is 8.33. The van der Waals surface area contributed by atoms with Gasteiger partial charge in [0.15, 0.2) is 0 Å². The topological polar surface area (TPSA) is 50.1 Å². The molecule has 112 valence electrons. The van der Waals surface area contributed by atoms with E-state index in [2.05, 4.69) is 13.0 Å². The van der Waals surface area contributed by atoms with Gasteiger partial charge in [0, 0.05) is 5.92 Å². The van der Waals surface area contributed by atoms with Crippen molar-refractivity contribution in [2.24, 2.45) is 17.8 Å². The van der Waals surface area contributed by atoms with E-state index in [0.29, 0.717) is 0 Å². The lowest BCUT2D eigenvalue weighted by Crippen LogP contribution is -2.30. The lowest BCUT2D eigenvalue weighted by Gasteiger charge is -2.30. The second kappa shape index (κ2) is 7.67. The van der Waals surface area contributed by atoms with Gasteiger partial charge in [0.2, 0.25) is 0 Å². The van der Waals surface area contributed by atoms with Crippen LogP contribution in [0.15, 0.2) is 0 Å². The quantitative estimate of drug-likeness (QED) is 0.723. The van der Waals surface area contributed by atoms with E-state index in [1.807, 2.05) is 0 Å². The summed E-state index contributed by atoms with van der Waals surface area (Å²) < 4.78 is 5.70. The normalized spacial score (nSPS) is 34.2. The zero-order valence-corrected chi connectivity index (χ0v) is 12.6. The van der Waals surface area contributed by atoms with Crippen molar-refractivity contribution >= 4 is 5.97 Å². The highest BCUT2D eigenvalue weighted by Gasteiger charge is 2.30. The molecule has 0 aromatic rings. The Balaban J connectivity index is 1.69. The first-order valence-electron chi connectivity index (χ1n) is 8.33. The largest absolute Gasteiger partial charge is 0.462 e. The van der Waals surface area contributed by atoms with Gasteiger partial charge in [-0.25, -0.2) is 0 Å². The molecule has 0 atom stereocenters. The molecule has 2 saturated carbocycles. The first-order chi connectivity index (χ1) is 9.72. The van der Waals surface area contributed by atoms with Crippen LogP contribution in [0.4, 0.5) is 0 Å². The summed E-state index contributed by atoms with van der Waals surface area (Å²) >= 11 is 0. The van der Waals surface area contributed by atoms with Crippen molar-refractivity contribution in [3.05, 3.63) is 0 Å². The van der Waals surface area contributed by atoms with E-state index >= 15 is 0 Å². The van der Waals surface area contributed by atoms with Gasteiger partial charge in [0.05, 0.1) is 12.0 Å². The van der Waals surface area contributed by atoms with Crippen molar-refractivity contribution in [2.45, 2.75) is 77.2 Å². The highest BCUT2D eigenvalue weighted by Crippen LogP contribution is 2.32. The minimum Gasteiger partial charge on any atom is -0.462 e. The van der Waals surface area contributed by atoms with Crippen LogP contribution in [0.2, 0.25) is 0 Å². The summed E-state index contributed by atoms with van der Waals surface area (Å²) in [6.07, 6.45) is 10.7. The third-order valence-electron chi connectivity index (χ3n) is 5.02. The van der Waals surface area contributed by atoms with Crippen LogP contribution in [0.1, 0.15) is 71.1 Å². The Morgan fingerprint density at radius 2 is 1.75 bits per heavy atom. The Labute approximate surface area is 122 Å². The second-order valence-corrected chi connectivity index (χ2v) is 6.55. The maximum atomic E-state index is 12.2. The monoisotopic (exact) mass is 277 g/mol. The van der Waals surface area contributed by atoms with Crippen LogP contribution in [0.5, 0.6) is 0 Å². The molecule has 2 aliphatic rings. The summed E-state index contributed by atoms with van der Waals surface area (Å²) in [7, 11) is 0. The average Bonchev–Trinajstić information content (AvgIpc) is 2.49. The number of esters is 1. The molecule has 3 nitrogen and oxygen atoms in total. The molecule has 2 rings (SSSR count). The summed E-state index contributed by atoms with van der Waals surface area (Å²) in [6.45, 7) is 2.24. The minimum absolute atomic E-state index is 0.000307. The van der Waals surface area contributed by atoms with Gasteiger partial charge in [-0.1, -0.05) is 19.8 Å². The molecule has 0 aromatic heterocycles. The maximum absolute atomic E-state index is 12.2. The summed E-state index contributed by atoms with van der Waals surface area (Å²) in [5, 5.41) is 8.88. The molecule has 3 heteroatoms. The SMILES string of the molecule is CCC[C@H]1CC[C@H](OC(=O)[C@H]2CC[C@H](C#N)CC2)CC1. The third kappa shape index (κ3) is 4.23. The van der Waals surface area contributed by atoms with Crippen LogP contribution in [0, 0.1) is 29.1 Å². The summed E-state index contributed by atoms with van der Waals surface area (Å²) in [5.41, 5.74) is 0. The lowest BCUT2D eigenvalue weighted by molar-refractivity contribution is -0.157. The number of hydrogen-bond acceptors (Lipinski definition) is 3. The smallest absolute Gasteiger partial charge is 0.309 e. The molecule has 0 radical (unpaired) electrons. The minimum atomic E-state index is 0.000307. The van der Waals surface area contributed by atoms with Crippen molar-refractivity contribution in [2.75, 3.05) is 0 Å². The molecule has 2 fully saturated rings. The number of nitriles is 1. The third-order valence-corrected chi connectivity index (χ3v) is 5.02. The van der Waals surface area contributed by atoms with E-state index in [-0.39, 0.29) is 23.9 Å². The fourth-order valence-electron chi connectivity index (χ4n) is 3.67. The molecule has 0 aliphatic heterocycles. The first kappa shape index (κ1) is 15.4. The molecule has 0 N–H and O–H groups in total. The van der Waals surface area contributed by atoms with Crippen molar-refractivity contribution in [1.82, 2.24) is 0 Å². The van der Waals surface area contributed by atoms with Gasteiger partial charge in [-0.2, -0.15) is 5.26 Å². The van der Waals surface area contributed by atoms with Gasteiger partial charge in [0.1, 0.15) is 6.10 Å². The summed E-state index contributed by atoms with van der Waals surface area (Å²) in [4.78, 5) is 12.2. The fourth-order valence-corrected chi connectivity index (χ4v) is 3.67. The highest BCUT2D eigenvalue weighted by molar-refractivity contribution is 5.72. The van der Waals surface area contributed by atoms with Gasteiger partial charge in [-0.05, 0) is 57.3 Å². The zero-order chi connectivity index (χ0) is 14.4. The zero-order valence-electron chi connectivity index (χ0n) is 12.6. The van der Waals surface area contributed by atoms with Gasteiger partial charge in [-0.3, -0.25) is 4.79 Å². The van der Waals surface area contributed by atoms with E-state index in [0.717, 1.165) is 44.4 Å². The number of hydrogen-bond donors (Lipinski definition) is 0. The molecule has 20 heavy (non-hydrogen) atoms. The Bertz CT molecular complexity index is 344. The van der Waals surface area contributed by atoms with E-state index < -0.39 is 0 Å². The second-order valence-electron chi connectivity index (χ2n) is 6.55. The van der Waals surface area contributed by atoms with Gasteiger partial charge < -0.3 is 4.74 Å². The molecule has 0 saturated heterocycles. The standard InChI is InChI=1S/C17H27NO2/c1-2-3-13-6-10-16(11-7-13)20-17(19)15-8-4-14(12-18)5-9-15/h13-16H,2-11H2,1H3/t13-,14-,15-,16-. The van der Waals surface area contributed by atoms with E-state index in [1.54, 1.807) is 0 Å². The Morgan fingerprint density at radius 1 is 1.10 bits per heavy atom. The van der Waals surface area contributed by atoms with Crippen LogP contribution in [-0.4, -0.2) is 12.1 Å². The molecule has 2 aliphatic carbocycles. The van der Waals surface area contributed by atoms with Crippen molar-refractivity contribution < 1.29 is 9.53 Å². The summed E-state index contributed by atoms with van der Waals surface area (Å²) in [5.74, 6) is 1.05. The fraction of sp³-hybridized carbons (Fsp3) is 0.882. The van der Waals surface area contributed by atoms with Crippen LogP contribution in [-0.2, 0) is 9.53 Å². The van der Waals surface area contributed by atoms with E-state index in [1.165, 1.54) is 25.7 Å². The van der Waals surface area contributed by atoms with Crippen LogP contribution in [0.3, 0.4) is 0 Å². The number of ether oxygens (including phenoxy) is 1. The van der Waals surface area contributed by atoms with Crippen molar-refractivity contribution in [1.29, 1.82) is 5.26 Å². The predicted octanol–water partition coefficient (Wildman–Crippen LogP) is 4.22. The number of rotatable bonds is 4. The van der Waals surface area contributed by atoms with Crippen molar-refractivity contribution in [3.63, 3.8) is 0 Å². The van der Waals surface area contributed by atoms with Gasteiger partial charge >= 0.3 is 5.97 Å². The van der Waals surface area contributed by atoms with Crippen LogP contribution < -0.4 is 0 Å². The van der Waals surface area contributed by atoms with E-state index in [4.69, 9.17) is 10.00 Å². The number of nitrogens with zero attached hydrogens (tertiary/aromatic N) is 1. The molecule has 0 bridgehead atoms. The molecular formula is C17H27NO2. The molecule has 0 unspecified atom stereocenters. The average molecular weight is 277 g/mol. The van der Waals surface area contributed by atoms with Crippen molar-refractivity contribution in [3.8, 4) is 6.07 Å².